The highest BCUT2D eigenvalue weighted by Crippen LogP contribution is 2.46. The number of nitrogen functional groups attached to an aromatic ring is 1. The zero-order valence-corrected chi connectivity index (χ0v) is 23.0. The van der Waals surface area contributed by atoms with Crippen molar-refractivity contribution in [1.29, 1.82) is 0 Å². The minimum Gasteiger partial charge on any atom is -0.493 e. The van der Waals surface area contributed by atoms with Crippen LogP contribution in [-0.4, -0.2) is 32.2 Å². The quantitative estimate of drug-likeness (QED) is 0.234. The molecule has 1 amide bonds. The van der Waals surface area contributed by atoms with Crippen molar-refractivity contribution in [1.82, 2.24) is 10.3 Å². The summed E-state index contributed by atoms with van der Waals surface area (Å²) >= 11 is 1.28. The Labute approximate surface area is 231 Å². The summed E-state index contributed by atoms with van der Waals surface area (Å²) in [4.78, 5) is 19.3. The second kappa shape index (κ2) is 11.0. The average molecular weight is 540 g/mol. The van der Waals surface area contributed by atoms with Crippen LogP contribution in [0.25, 0.3) is 32.6 Å². The van der Waals surface area contributed by atoms with E-state index in [0.29, 0.717) is 44.6 Å². The molecular weight excluding hydrogens is 510 g/mol. The fourth-order valence-corrected chi connectivity index (χ4v) is 5.52. The molecule has 0 unspecified atom stereocenters. The molecule has 0 spiro atoms. The van der Waals surface area contributed by atoms with E-state index >= 15 is 0 Å². The Bertz CT molecular complexity index is 1620. The molecule has 0 atom stereocenters. The largest absolute Gasteiger partial charge is 0.493 e. The summed E-state index contributed by atoms with van der Waals surface area (Å²) in [6.45, 7) is 2.43. The second-order valence-electron chi connectivity index (χ2n) is 9.03. The minimum absolute atomic E-state index is 0.242. The van der Waals surface area contributed by atoms with Gasteiger partial charge in [0.15, 0.2) is 11.5 Å². The predicted molar refractivity (Wildman–Crippen MR) is 157 cm³/mol. The number of carbonyl (C=O) groups excluding carboxylic acids is 1. The number of aryl methyl sites for hydroxylation is 1. The van der Waals surface area contributed by atoms with Crippen molar-refractivity contribution < 1.29 is 19.0 Å². The number of hydrogen-bond acceptors (Lipinski definition) is 7. The van der Waals surface area contributed by atoms with Crippen molar-refractivity contribution in [2.75, 3.05) is 27.1 Å². The van der Waals surface area contributed by atoms with Gasteiger partial charge in [0.2, 0.25) is 5.75 Å². The molecule has 0 fully saturated rings. The molecule has 3 aromatic carbocycles. The van der Waals surface area contributed by atoms with Crippen LogP contribution in [0.2, 0.25) is 0 Å². The number of carbonyl (C=O) groups is 1. The lowest BCUT2D eigenvalue weighted by molar-refractivity contribution is 0.0956. The number of rotatable bonds is 8. The average Bonchev–Trinajstić information content (AvgIpc) is 3.32. The van der Waals surface area contributed by atoms with Gasteiger partial charge in [-0.05, 0) is 41.8 Å². The highest BCUT2D eigenvalue weighted by molar-refractivity contribution is 7.21. The fourth-order valence-electron chi connectivity index (χ4n) is 4.48. The van der Waals surface area contributed by atoms with Gasteiger partial charge in [0.1, 0.15) is 9.71 Å². The van der Waals surface area contributed by atoms with E-state index in [1.807, 2.05) is 79.7 Å². The Kier molecular flexibility index (Phi) is 7.38. The number of thiophene rings is 1. The van der Waals surface area contributed by atoms with Crippen molar-refractivity contribution in [3.63, 3.8) is 0 Å². The number of fused-ring (bicyclic) bond motifs is 1. The standard InChI is InChI=1S/C31H29N3O4S/c1-18-10-12-19(13-11-18)17-33-30(35)29-27(32)26-22(21-14-24(36-2)28(38-4)25(15-21)37-3)16-23(34-31(26)39-29)20-8-6-5-7-9-20/h5-16H,17,32H2,1-4H3,(H,33,35). The van der Waals surface area contributed by atoms with Gasteiger partial charge in [-0.15, -0.1) is 11.3 Å². The number of anilines is 1. The normalized spacial score (nSPS) is 10.9. The zero-order chi connectivity index (χ0) is 27.5. The summed E-state index contributed by atoms with van der Waals surface area (Å²) in [5.74, 6) is 1.28. The van der Waals surface area contributed by atoms with E-state index in [0.717, 1.165) is 27.9 Å². The van der Waals surface area contributed by atoms with Gasteiger partial charge in [-0.3, -0.25) is 4.79 Å². The van der Waals surface area contributed by atoms with E-state index in [1.165, 1.54) is 16.9 Å². The van der Waals surface area contributed by atoms with Crippen molar-refractivity contribution in [2.45, 2.75) is 13.5 Å². The maximum absolute atomic E-state index is 13.3. The van der Waals surface area contributed by atoms with Crippen LogP contribution in [0.1, 0.15) is 20.8 Å². The topological polar surface area (TPSA) is 95.7 Å². The molecule has 2 heterocycles. The third kappa shape index (κ3) is 5.11. The smallest absolute Gasteiger partial charge is 0.263 e. The van der Waals surface area contributed by atoms with E-state index in [9.17, 15) is 4.79 Å². The number of aromatic nitrogens is 1. The molecular formula is C31H29N3O4S. The van der Waals surface area contributed by atoms with Gasteiger partial charge in [-0.1, -0.05) is 60.2 Å². The van der Waals surface area contributed by atoms with Gasteiger partial charge in [-0.25, -0.2) is 4.98 Å². The first kappa shape index (κ1) is 26.1. The first-order chi connectivity index (χ1) is 18.9. The molecule has 0 aliphatic heterocycles. The van der Waals surface area contributed by atoms with Gasteiger partial charge >= 0.3 is 0 Å². The number of amides is 1. The molecule has 8 heteroatoms. The summed E-state index contributed by atoms with van der Waals surface area (Å²) in [6, 6.07) is 23.7. The van der Waals surface area contributed by atoms with Crippen LogP contribution in [0.4, 0.5) is 5.69 Å². The van der Waals surface area contributed by atoms with Crippen LogP contribution in [0, 0.1) is 6.92 Å². The molecule has 198 valence electrons. The molecule has 0 saturated carbocycles. The van der Waals surface area contributed by atoms with Crippen molar-refractivity contribution in [3.05, 3.63) is 88.8 Å². The molecule has 0 aliphatic rings. The molecule has 0 saturated heterocycles. The number of pyridine rings is 1. The lowest BCUT2D eigenvalue weighted by Gasteiger charge is -2.15. The molecule has 5 aromatic rings. The van der Waals surface area contributed by atoms with E-state index in [2.05, 4.69) is 5.32 Å². The lowest BCUT2D eigenvalue weighted by Crippen LogP contribution is -2.22. The summed E-state index contributed by atoms with van der Waals surface area (Å²) in [6.07, 6.45) is 0. The number of ether oxygens (including phenoxy) is 3. The summed E-state index contributed by atoms with van der Waals surface area (Å²) in [5.41, 5.74) is 12.6. The molecule has 7 nitrogen and oxygen atoms in total. The number of benzene rings is 3. The van der Waals surface area contributed by atoms with Crippen LogP contribution in [0.15, 0.2) is 72.8 Å². The number of nitrogens with zero attached hydrogens (tertiary/aromatic N) is 1. The summed E-state index contributed by atoms with van der Waals surface area (Å²) < 4.78 is 16.7. The highest BCUT2D eigenvalue weighted by Gasteiger charge is 2.23. The third-order valence-corrected chi connectivity index (χ3v) is 7.62. The van der Waals surface area contributed by atoms with E-state index in [-0.39, 0.29) is 5.91 Å². The minimum atomic E-state index is -0.242. The summed E-state index contributed by atoms with van der Waals surface area (Å²) in [5, 5.41) is 3.70. The fraction of sp³-hybridized carbons (Fsp3) is 0.161. The van der Waals surface area contributed by atoms with Crippen LogP contribution in [0.5, 0.6) is 17.2 Å². The van der Waals surface area contributed by atoms with Gasteiger partial charge in [0.05, 0.1) is 32.7 Å². The number of nitrogens with one attached hydrogen (secondary N) is 1. The maximum atomic E-state index is 13.3. The van der Waals surface area contributed by atoms with Gasteiger partial charge in [-0.2, -0.15) is 0 Å². The van der Waals surface area contributed by atoms with Gasteiger partial charge < -0.3 is 25.3 Å². The summed E-state index contributed by atoms with van der Waals surface area (Å²) in [7, 11) is 4.72. The van der Waals surface area contributed by atoms with Gasteiger partial charge in [0, 0.05) is 17.5 Å². The number of hydrogen-bond donors (Lipinski definition) is 2. The Hall–Kier alpha value is -4.56. The van der Waals surface area contributed by atoms with Crippen LogP contribution in [-0.2, 0) is 6.54 Å². The highest BCUT2D eigenvalue weighted by atomic mass is 32.1. The van der Waals surface area contributed by atoms with E-state index < -0.39 is 0 Å². The number of methoxy groups -OCH3 is 3. The molecule has 2 aromatic heterocycles. The van der Waals surface area contributed by atoms with Crippen molar-refractivity contribution >= 4 is 33.1 Å². The first-order valence-electron chi connectivity index (χ1n) is 12.4. The van der Waals surface area contributed by atoms with E-state index in [4.69, 9.17) is 24.9 Å². The number of nitrogens with two attached hydrogens (primary N) is 1. The Morgan fingerprint density at radius 1 is 0.897 bits per heavy atom. The molecule has 0 aliphatic carbocycles. The predicted octanol–water partition coefficient (Wildman–Crippen LogP) is 6.48. The molecule has 0 bridgehead atoms. The molecule has 39 heavy (non-hydrogen) atoms. The maximum Gasteiger partial charge on any atom is 0.263 e. The van der Waals surface area contributed by atoms with Crippen LogP contribution < -0.4 is 25.3 Å². The van der Waals surface area contributed by atoms with Crippen molar-refractivity contribution in [2.24, 2.45) is 0 Å². The van der Waals surface area contributed by atoms with E-state index in [1.54, 1.807) is 21.3 Å². The first-order valence-corrected chi connectivity index (χ1v) is 13.2. The van der Waals surface area contributed by atoms with Gasteiger partial charge in [0.25, 0.3) is 5.91 Å². The van der Waals surface area contributed by atoms with Crippen molar-refractivity contribution in [3.8, 4) is 39.6 Å². The van der Waals surface area contributed by atoms with Crippen LogP contribution >= 0.6 is 11.3 Å². The monoisotopic (exact) mass is 539 g/mol. The Balaban J connectivity index is 1.65. The zero-order valence-electron chi connectivity index (χ0n) is 22.2. The molecule has 5 rings (SSSR count). The van der Waals surface area contributed by atoms with Crippen LogP contribution in [0.3, 0.4) is 0 Å². The third-order valence-electron chi connectivity index (χ3n) is 6.52. The Morgan fingerprint density at radius 2 is 1.56 bits per heavy atom. The molecule has 0 radical (unpaired) electrons. The SMILES string of the molecule is COc1cc(-c2cc(-c3ccccc3)nc3sc(C(=O)NCc4ccc(C)cc4)c(N)c23)cc(OC)c1OC. The Morgan fingerprint density at radius 3 is 2.18 bits per heavy atom. The lowest BCUT2D eigenvalue weighted by atomic mass is 9.98. The second-order valence-corrected chi connectivity index (χ2v) is 10.0. The molecule has 3 N–H and O–H groups in total.